The summed E-state index contributed by atoms with van der Waals surface area (Å²) >= 11 is 0. The third-order valence-corrected chi connectivity index (χ3v) is 5.12. The number of carbonyl (C=O) groups is 1. The lowest BCUT2D eigenvalue weighted by Gasteiger charge is -2.35. The van der Waals surface area contributed by atoms with Crippen LogP contribution in [0.15, 0.2) is 18.2 Å². The van der Waals surface area contributed by atoms with Crippen LogP contribution in [0.2, 0.25) is 0 Å². The Morgan fingerprint density at radius 2 is 2.20 bits per heavy atom. The summed E-state index contributed by atoms with van der Waals surface area (Å²) in [5.41, 5.74) is 2.72. The summed E-state index contributed by atoms with van der Waals surface area (Å²) in [5, 5.41) is 8.41. The van der Waals surface area contributed by atoms with Gasteiger partial charge in [-0.2, -0.15) is 0 Å². The van der Waals surface area contributed by atoms with Crippen LogP contribution in [0.5, 0.6) is 0 Å². The molecule has 0 spiro atoms. The van der Waals surface area contributed by atoms with Crippen LogP contribution in [0.4, 0.5) is 20.7 Å². The van der Waals surface area contributed by atoms with E-state index in [0.717, 1.165) is 30.2 Å². The molecule has 162 valence electrons. The zero-order chi connectivity index (χ0) is 20.4. The molecule has 30 heavy (non-hydrogen) atoms. The lowest BCUT2D eigenvalue weighted by molar-refractivity contribution is 0.0984. The van der Waals surface area contributed by atoms with Crippen LogP contribution in [-0.4, -0.2) is 48.3 Å². The average Bonchev–Trinajstić information content (AvgIpc) is 3.18. The van der Waals surface area contributed by atoms with Crippen molar-refractivity contribution in [1.29, 1.82) is 0 Å². The maximum absolute atomic E-state index is 14.6. The van der Waals surface area contributed by atoms with E-state index in [9.17, 15) is 9.18 Å². The predicted molar refractivity (Wildman–Crippen MR) is 116 cm³/mol. The molecule has 0 radical (unpaired) electrons. The second-order valence-electron chi connectivity index (χ2n) is 7.20. The molecule has 0 saturated carbocycles. The maximum atomic E-state index is 14.6. The van der Waals surface area contributed by atoms with E-state index in [1.807, 2.05) is 0 Å². The summed E-state index contributed by atoms with van der Waals surface area (Å²) in [6, 6.07) is 4.38. The van der Waals surface area contributed by atoms with Crippen molar-refractivity contribution >= 4 is 29.9 Å². The Bertz CT molecular complexity index is 928. The highest BCUT2D eigenvalue weighted by Gasteiger charge is 2.28. The van der Waals surface area contributed by atoms with Crippen molar-refractivity contribution in [2.45, 2.75) is 33.0 Å². The van der Waals surface area contributed by atoms with Gasteiger partial charge in [-0.15, -0.1) is 12.4 Å². The molecule has 3 heterocycles. The third-order valence-electron chi connectivity index (χ3n) is 5.12. The number of hydrogen-bond acceptors (Lipinski definition) is 6. The first kappa shape index (κ1) is 22.2. The van der Waals surface area contributed by atoms with Crippen molar-refractivity contribution in [3.63, 3.8) is 0 Å². The zero-order valence-corrected chi connectivity index (χ0v) is 17.8. The van der Waals surface area contributed by atoms with E-state index in [2.05, 4.69) is 32.8 Å². The Morgan fingerprint density at radius 1 is 1.37 bits per heavy atom. The van der Waals surface area contributed by atoms with E-state index >= 15 is 0 Å². The third kappa shape index (κ3) is 4.48. The number of carbonyl (C=O) groups excluding carboxylic acids is 1. The fraction of sp³-hybridized carbons (Fsp3) is 0.450. The van der Waals surface area contributed by atoms with E-state index in [0.29, 0.717) is 37.7 Å². The van der Waals surface area contributed by atoms with E-state index in [-0.39, 0.29) is 24.1 Å². The molecule has 2 aromatic rings. The molecule has 0 bridgehead atoms. The van der Waals surface area contributed by atoms with Crippen LogP contribution in [0.1, 0.15) is 25.1 Å². The Hall–Kier alpha value is -2.49. The predicted octanol–water partition coefficient (Wildman–Crippen LogP) is 2.67. The van der Waals surface area contributed by atoms with Crippen molar-refractivity contribution in [3.8, 4) is 11.4 Å². The lowest BCUT2D eigenvalue weighted by Crippen LogP contribution is -2.44. The van der Waals surface area contributed by atoms with Gasteiger partial charge in [0.15, 0.2) is 5.82 Å². The van der Waals surface area contributed by atoms with Crippen molar-refractivity contribution in [2.75, 3.05) is 36.5 Å². The van der Waals surface area contributed by atoms with Crippen molar-refractivity contribution in [2.24, 2.45) is 0 Å². The van der Waals surface area contributed by atoms with Crippen LogP contribution in [0.3, 0.4) is 0 Å². The van der Waals surface area contributed by atoms with Crippen molar-refractivity contribution in [1.82, 2.24) is 20.6 Å². The molecule has 3 N–H and O–H groups in total. The number of morpholine rings is 1. The molecule has 10 heteroatoms. The maximum Gasteiger partial charge on any atom is 0.319 e. The van der Waals surface area contributed by atoms with Gasteiger partial charge in [-0.05, 0) is 32.0 Å². The van der Waals surface area contributed by atoms with Gasteiger partial charge in [-0.3, -0.25) is 0 Å². The van der Waals surface area contributed by atoms with Gasteiger partial charge >= 0.3 is 6.03 Å². The Balaban J connectivity index is 0.00000256. The van der Waals surface area contributed by atoms with Gasteiger partial charge in [0, 0.05) is 37.3 Å². The van der Waals surface area contributed by atoms with Gasteiger partial charge in [-0.25, -0.2) is 19.2 Å². The molecule has 1 fully saturated rings. The van der Waals surface area contributed by atoms with Gasteiger partial charge in [0.05, 0.1) is 30.6 Å². The fourth-order valence-corrected chi connectivity index (χ4v) is 3.64. The summed E-state index contributed by atoms with van der Waals surface area (Å²) in [4.78, 5) is 23.4. The van der Waals surface area contributed by atoms with Crippen molar-refractivity contribution in [3.05, 3.63) is 35.3 Å². The van der Waals surface area contributed by atoms with Gasteiger partial charge in [0.2, 0.25) is 0 Å². The van der Waals surface area contributed by atoms with E-state index in [4.69, 9.17) is 9.72 Å². The summed E-state index contributed by atoms with van der Waals surface area (Å²) < 4.78 is 20.1. The number of ether oxygens (including phenoxy) is 1. The molecule has 1 unspecified atom stereocenters. The highest BCUT2D eigenvalue weighted by atomic mass is 35.5. The second-order valence-corrected chi connectivity index (χ2v) is 7.20. The smallest absolute Gasteiger partial charge is 0.319 e. The number of hydrogen-bond donors (Lipinski definition) is 3. The highest BCUT2D eigenvalue weighted by molar-refractivity contribution is 5.89. The molecular weight excluding hydrogens is 411 g/mol. The number of fused-ring (bicyclic) bond motifs is 1. The molecule has 1 aromatic heterocycles. The number of nitrogens with one attached hydrogen (secondary N) is 3. The van der Waals surface area contributed by atoms with Gasteiger partial charge in [0.1, 0.15) is 11.6 Å². The first-order valence-electron chi connectivity index (χ1n) is 9.86. The van der Waals surface area contributed by atoms with Crippen LogP contribution in [0, 0.1) is 5.82 Å². The minimum atomic E-state index is -0.530. The lowest BCUT2D eigenvalue weighted by atomic mass is 10.1. The summed E-state index contributed by atoms with van der Waals surface area (Å²) in [6.07, 6.45) is 0. The van der Waals surface area contributed by atoms with E-state index < -0.39 is 11.8 Å². The number of aromatic nitrogens is 2. The first-order chi connectivity index (χ1) is 14.1. The van der Waals surface area contributed by atoms with Crippen LogP contribution in [0.25, 0.3) is 11.4 Å². The fourth-order valence-electron chi connectivity index (χ4n) is 3.64. The SMILES string of the molecule is CCNC(=O)Nc1ccc(-c2nc3c(c(N4CCOCC4C)n2)CNC3)cc1F.Cl. The standard InChI is InChI=1S/C20H25FN6O2.ClH/c1-3-23-20(28)25-16-5-4-13(8-15(16)21)18-24-17-10-22-9-14(17)19(26-18)27-6-7-29-11-12(27)2;/h4-5,8,12,22H,3,6-7,9-11H2,1-2H3,(H2,23,25,28);1H. The number of urea groups is 1. The Morgan fingerprint density at radius 3 is 2.93 bits per heavy atom. The van der Waals surface area contributed by atoms with Crippen LogP contribution in [-0.2, 0) is 17.8 Å². The summed E-state index contributed by atoms with van der Waals surface area (Å²) in [6.45, 7) is 7.81. The Kier molecular flexibility index (Phi) is 7.06. The molecule has 2 aliphatic heterocycles. The zero-order valence-electron chi connectivity index (χ0n) is 17.0. The topological polar surface area (TPSA) is 91.4 Å². The molecule has 1 atom stereocenters. The molecule has 2 aliphatic rings. The quantitative estimate of drug-likeness (QED) is 0.682. The number of anilines is 2. The molecule has 0 aliphatic carbocycles. The molecule has 8 nitrogen and oxygen atoms in total. The molecule has 1 saturated heterocycles. The van der Waals surface area contributed by atoms with Crippen LogP contribution < -0.4 is 20.9 Å². The van der Waals surface area contributed by atoms with E-state index in [1.165, 1.54) is 12.1 Å². The number of benzene rings is 1. The molecule has 2 amide bonds. The minimum Gasteiger partial charge on any atom is -0.377 e. The molecular formula is C20H26ClFN6O2. The number of amides is 2. The number of halogens is 2. The first-order valence-corrected chi connectivity index (χ1v) is 9.86. The summed E-state index contributed by atoms with van der Waals surface area (Å²) in [7, 11) is 0. The average molecular weight is 437 g/mol. The largest absolute Gasteiger partial charge is 0.377 e. The molecule has 4 rings (SSSR count). The van der Waals surface area contributed by atoms with E-state index in [1.54, 1.807) is 13.0 Å². The summed E-state index contributed by atoms with van der Waals surface area (Å²) in [5.74, 6) is 0.831. The second kappa shape index (κ2) is 9.55. The monoisotopic (exact) mass is 436 g/mol. The minimum absolute atomic E-state index is 0. The van der Waals surface area contributed by atoms with Crippen molar-refractivity contribution < 1.29 is 13.9 Å². The highest BCUT2D eigenvalue weighted by Crippen LogP contribution is 2.31. The number of nitrogens with zero attached hydrogens (tertiary/aromatic N) is 3. The number of rotatable bonds is 4. The van der Waals surface area contributed by atoms with Gasteiger partial charge in [-0.1, -0.05) is 0 Å². The normalized spacial score (nSPS) is 17.8. The van der Waals surface area contributed by atoms with Gasteiger partial charge in [0.25, 0.3) is 0 Å². The Labute approximate surface area is 181 Å². The van der Waals surface area contributed by atoms with Crippen LogP contribution >= 0.6 is 12.4 Å². The molecule has 1 aromatic carbocycles. The van der Waals surface area contributed by atoms with Gasteiger partial charge < -0.3 is 25.6 Å².